The number of benzene rings is 1. The normalized spacial score (nSPS) is 11.3. The van der Waals surface area contributed by atoms with Crippen molar-refractivity contribution in [3.63, 3.8) is 0 Å². The lowest BCUT2D eigenvalue weighted by atomic mass is 10.1. The summed E-state index contributed by atoms with van der Waals surface area (Å²) in [6.07, 6.45) is 5.64. The first-order chi connectivity index (χ1) is 9.22. The minimum Gasteiger partial charge on any atom is -0.453 e. The van der Waals surface area contributed by atoms with E-state index in [0.29, 0.717) is 0 Å². The van der Waals surface area contributed by atoms with Gasteiger partial charge in [0.25, 0.3) is 0 Å². The molecule has 0 amide bonds. The van der Waals surface area contributed by atoms with E-state index in [1.165, 1.54) is 19.3 Å². The van der Waals surface area contributed by atoms with Crippen LogP contribution in [0.4, 0.5) is 0 Å². The molecule has 102 valence electrons. The monoisotopic (exact) mass is 258 g/mol. The molecule has 0 aliphatic carbocycles. The summed E-state index contributed by atoms with van der Waals surface area (Å²) in [5.41, 5.74) is 0.829. The van der Waals surface area contributed by atoms with Crippen molar-refractivity contribution in [1.82, 2.24) is 0 Å². The summed E-state index contributed by atoms with van der Waals surface area (Å²) in [4.78, 5) is 11.5. The van der Waals surface area contributed by atoms with Crippen molar-refractivity contribution >= 4 is 5.97 Å². The predicted octanol–water partition coefficient (Wildman–Crippen LogP) is 3.94. The molecule has 0 aromatic heterocycles. The summed E-state index contributed by atoms with van der Waals surface area (Å²) in [6.45, 7) is 4.11. The second kappa shape index (κ2) is 9.22. The first-order valence-corrected chi connectivity index (χ1v) is 7.00. The molecule has 0 radical (unpaired) electrons. The fraction of sp³-hybridized carbons (Fsp3) is 0.471. The van der Waals surface area contributed by atoms with Crippen molar-refractivity contribution in [1.29, 1.82) is 0 Å². The molecule has 0 N–H and O–H groups in total. The molecule has 0 bridgehead atoms. The zero-order valence-electron chi connectivity index (χ0n) is 11.8. The molecule has 0 aliphatic rings. The fourth-order valence-electron chi connectivity index (χ4n) is 1.77. The average molecular weight is 258 g/mol. The van der Waals surface area contributed by atoms with E-state index in [9.17, 15) is 4.79 Å². The summed E-state index contributed by atoms with van der Waals surface area (Å²) in [5.74, 6) is 4.88. The predicted molar refractivity (Wildman–Crippen MR) is 77.6 cm³/mol. The Labute approximate surface area is 116 Å². The second-order valence-electron chi connectivity index (χ2n) is 4.68. The van der Waals surface area contributed by atoms with Gasteiger partial charge in [0.05, 0.1) is 0 Å². The zero-order valence-corrected chi connectivity index (χ0v) is 11.8. The van der Waals surface area contributed by atoms with Crippen molar-refractivity contribution in [2.75, 3.05) is 0 Å². The summed E-state index contributed by atoms with van der Waals surface area (Å²) >= 11 is 0. The molecule has 0 unspecified atom stereocenters. The third-order valence-corrected chi connectivity index (χ3v) is 2.86. The van der Waals surface area contributed by atoms with Crippen molar-refractivity contribution in [2.24, 2.45) is 0 Å². The minimum absolute atomic E-state index is 0.0468. The Kier molecular flexibility index (Phi) is 7.43. The Morgan fingerprint density at radius 1 is 1.21 bits per heavy atom. The van der Waals surface area contributed by atoms with Crippen LogP contribution in [-0.2, 0) is 9.53 Å². The molecule has 0 aliphatic heterocycles. The van der Waals surface area contributed by atoms with Crippen LogP contribution in [0.15, 0.2) is 30.3 Å². The van der Waals surface area contributed by atoms with Crippen molar-refractivity contribution in [2.45, 2.75) is 52.1 Å². The highest BCUT2D eigenvalue weighted by Crippen LogP contribution is 2.07. The van der Waals surface area contributed by atoms with Crippen LogP contribution < -0.4 is 0 Å². The van der Waals surface area contributed by atoms with Gasteiger partial charge in [-0.1, -0.05) is 50.3 Å². The smallest absolute Gasteiger partial charge is 0.384 e. The Morgan fingerprint density at radius 3 is 2.63 bits per heavy atom. The minimum atomic E-state index is -0.438. The van der Waals surface area contributed by atoms with Gasteiger partial charge in [0, 0.05) is 11.5 Å². The third-order valence-electron chi connectivity index (χ3n) is 2.86. The molecule has 2 nitrogen and oxygen atoms in total. The van der Waals surface area contributed by atoms with Crippen LogP contribution in [0.25, 0.3) is 0 Å². The number of rotatable bonds is 6. The number of unbranched alkanes of at least 4 members (excludes halogenated alkanes) is 3. The van der Waals surface area contributed by atoms with Gasteiger partial charge in [-0.25, -0.2) is 4.79 Å². The third kappa shape index (κ3) is 7.31. The number of carbonyl (C=O) groups is 1. The van der Waals surface area contributed by atoms with Crippen LogP contribution >= 0.6 is 0 Å². The largest absolute Gasteiger partial charge is 0.453 e. The van der Waals surface area contributed by atoms with Gasteiger partial charge in [-0.3, -0.25) is 0 Å². The Morgan fingerprint density at radius 2 is 1.95 bits per heavy atom. The van der Waals surface area contributed by atoms with Crippen LogP contribution in [0.5, 0.6) is 0 Å². The van der Waals surface area contributed by atoms with E-state index in [1.54, 1.807) is 0 Å². The molecule has 1 atom stereocenters. The molecule has 0 saturated heterocycles. The second-order valence-corrected chi connectivity index (χ2v) is 4.68. The van der Waals surface area contributed by atoms with E-state index >= 15 is 0 Å². The molecule has 1 aromatic carbocycles. The van der Waals surface area contributed by atoms with Gasteiger partial charge >= 0.3 is 5.97 Å². The number of hydrogen-bond donors (Lipinski definition) is 0. The standard InChI is InChI=1S/C17H22O2/c1-3-4-5-7-10-15(2)19-17(18)14-13-16-11-8-6-9-12-16/h6,8-9,11-12,15H,3-5,7,10H2,1-2H3/t15-/m0/s1. The summed E-state index contributed by atoms with van der Waals surface area (Å²) in [6, 6.07) is 9.45. The maximum atomic E-state index is 11.5. The number of carbonyl (C=O) groups excluding carboxylic acids is 1. The van der Waals surface area contributed by atoms with Crippen LogP contribution in [0, 0.1) is 11.8 Å². The van der Waals surface area contributed by atoms with Gasteiger partial charge < -0.3 is 4.74 Å². The Bertz CT molecular complexity index is 426. The van der Waals surface area contributed by atoms with Gasteiger partial charge in [-0.05, 0) is 31.9 Å². The lowest BCUT2D eigenvalue weighted by Gasteiger charge is -2.10. The van der Waals surface area contributed by atoms with E-state index in [4.69, 9.17) is 4.74 Å². The highest BCUT2D eigenvalue weighted by atomic mass is 16.5. The zero-order chi connectivity index (χ0) is 13.9. The lowest BCUT2D eigenvalue weighted by Crippen LogP contribution is -2.13. The molecule has 1 rings (SSSR count). The molecule has 0 spiro atoms. The van der Waals surface area contributed by atoms with Crippen LogP contribution in [0.1, 0.15) is 51.5 Å². The Hall–Kier alpha value is -1.75. The van der Waals surface area contributed by atoms with E-state index in [2.05, 4.69) is 18.8 Å². The highest BCUT2D eigenvalue weighted by Gasteiger charge is 2.06. The molecular weight excluding hydrogens is 236 g/mol. The summed E-state index contributed by atoms with van der Waals surface area (Å²) in [7, 11) is 0. The van der Waals surface area contributed by atoms with Gasteiger partial charge in [-0.15, -0.1) is 0 Å². The first-order valence-electron chi connectivity index (χ1n) is 7.00. The maximum Gasteiger partial charge on any atom is 0.384 e. The van der Waals surface area contributed by atoms with Gasteiger partial charge in [0.2, 0.25) is 0 Å². The quantitative estimate of drug-likeness (QED) is 0.439. The van der Waals surface area contributed by atoms with E-state index in [0.717, 1.165) is 18.4 Å². The molecule has 0 saturated carbocycles. The topological polar surface area (TPSA) is 26.3 Å². The molecule has 2 heteroatoms. The summed E-state index contributed by atoms with van der Waals surface area (Å²) < 4.78 is 5.24. The number of ether oxygens (including phenoxy) is 1. The lowest BCUT2D eigenvalue weighted by molar-refractivity contribution is -0.141. The van der Waals surface area contributed by atoms with Crippen LogP contribution in [0.3, 0.4) is 0 Å². The molecule has 0 heterocycles. The van der Waals surface area contributed by atoms with Gasteiger partial charge in [-0.2, -0.15) is 0 Å². The summed E-state index contributed by atoms with van der Waals surface area (Å²) in [5, 5.41) is 0. The van der Waals surface area contributed by atoms with Gasteiger partial charge in [0.1, 0.15) is 6.10 Å². The number of hydrogen-bond acceptors (Lipinski definition) is 2. The molecule has 19 heavy (non-hydrogen) atoms. The highest BCUT2D eigenvalue weighted by molar-refractivity contribution is 5.89. The molecular formula is C17H22O2. The fourth-order valence-corrected chi connectivity index (χ4v) is 1.77. The van der Waals surface area contributed by atoms with E-state index in [-0.39, 0.29) is 6.10 Å². The first kappa shape index (κ1) is 15.3. The number of esters is 1. The van der Waals surface area contributed by atoms with Crippen LogP contribution in [-0.4, -0.2) is 12.1 Å². The SMILES string of the molecule is CCCCCC[C@H](C)OC(=O)C#Cc1ccccc1. The van der Waals surface area contributed by atoms with Crippen molar-refractivity contribution in [3.8, 4) is 11.8 Å². The van der Waals surface area contributed by atoms with E-state index in [1.807, 2.05) is 37.3 Å². The van der Waals surface area contributed by atoms with Gasteiger partial charge in [0.15, 0.2) is 0 Å². The van der Waals surface area contributed by atoms with E-state index < -0.39 is 5.97 Å². The average Bonchev–Trinajstić information content (AvgIpc) is 2.42. The van der Waals surface area contributed by atoms with Crippen molar-refractivity contribution < 1.29 is 9.53 Å². The molecule has 1 aromatic rings. The Balaban J connectivity index is 2.29. The van der Waals surface area contributed by atoms with Crippen LogP contribution in [0.2, 0.25) is 0 Å². The maximum absolute atomic E-state index is 11.5. The van der Waals surface area contributed by atoms with Crippen molar-refractivity contribution in [3.05, 3.63) is 35.9 Å². The molecule has 0 fully saturated rings.